The van der Waals surface area contributed by atoms with E-state index in [0.717, 1.165) is 10.4 Å². The van der Waals surface area contributed by atoms with Crippen LogP contribution < -0.4 is 5.32 Å². The molecular weight excluding hydrogens is 308 g/mol. The number of halogens is 1. The molecule has 1 aromatic rings. The normalized spacial score (nSPS) is 28.2. The fourth-order valence-electron chi connectivity index (χ4n) is 2.92. The Labute approximate surface area is 121 Å². The van der Waals surface area contributed by atoms with Crippen LogP contribution in [0.15, 0.2) is 28.7 Å². The first-order chi connectivity index (χ1) is 9.22. The average molecular weight is 327 g/mol. The van der Waals surface area contributed by atoms with Gasteiger partial charge in [-0.1, -0.05) is 22.0 Å². The highest BCUT2D eigenvalue weighted by atomic mass is 79.9. The van der Waals surface area contributed by atoms with Crippen LogP contribution in [0.5, 0.6) is 0 Å². The van der Waals surface area contributed by atoms with Crippen LogP contribution in [0.4, 0.5) is 5.69 Å². The van der Waals surface area contributed by atoms with Crippen LogP contribution in [0, 0.1) is 5.92 Å². The smallest absolute Gasteiger partial charge is 0.290 e. The van der Waals surface area contributed by atoms with E-state index in [2.05, 4.69) is 50.4 Å². The molecule has 3 aliphatic heterocycles. The number of anilines is 1. The van der Waals surface area contributed by atoms with Crippen molar-refractivity contribution in [1.29, 1.82) is 0 Å². The molecule has 0 amide bonds. The summed E-state index contributed by atoms with van der Waals surface area (Å²) in [5.74, 6) is 0.879. The summed E-state index contributed by atoms with van der Waals surface area (Å²) >= 11 is 3.52. The number of carboxylic acid groups (broad SMARTS) is 1. The number of hydrogen-bond acceptors (Lipinski definition) is 3. The van der Waals surface area contributed by atoms with Crippen molar-refractivity contribution in [2.75, 3.05) is 25.0 Å². The maximum absolute atomic E-state index is 8.36. The van der Waals surface area contributed by atoms with Gasteiger partial charge in [-0.15, -0.1) is 0 Å². The van der Waals surface area contributed by atoms with Gasteiger partial charge in [0.2, 0.25) is 0 Å². The lowest BCUT2D eigenvalue weighted by atomic mass is 9.84. The summed E-state index contributed by atoms with van der Waals surface area (Å²) in [5, 5.41) is 10.6. The second-order valence-electron chi connectivity index (χ2n) is 5.00. The molecule has 2 N–H and O–H groups in total. The van der Waals surface area contributed by atoms with Crippen molar-refractivity contribution in [3.05, 3.63) is 28.7 Å². The van der Waals surface area contributed by atoms with Gasteiger partial charge < -0.3 is 15.3 Å². The lowest BCUT2D eigenvalue weighted by molar-refractivity contribution is -0.122. The zero-order valence-electron chi connectivity index (χ0n) is 10.8. The number of rotatable bonds is 2. The highest BCUT2D eigenvalue weighted by Gasteiger charge is 2.33. The third kappa shape index (κ3) is 3.94. The first-order valence-corrected chi connectivity index (χ1v) is 7.34. The topological polar surface area (TPSA) is 52.6 Å². The summed E-state index contributed by atoms with van der Waals surface area (Å²) < 4.78 is 1.15. The molecule has 3 saturated heterocycles. The Balaban J connectivity index is 0.000000408. The molecule has 0 aliphatic carbocycles. The number of fused-ring (bicyclic) bond motifs is 3. The number of hydrogen-bond donors (Lipinski definition) is 2. The first kappa shape index (κ1) is 14.3. The number of benzene rings is 1. The van der Waals surface area contributed by atoms with E-state index < -0.39 is 0 Å². The first-order valence-electron chi connectivity index (χ1n) is 6.55. The van der Waals surface area contributed by atoms with E-state index in [0.29, 0.717) is 6.04 Å². The van der Waals surface area contributed by atoms with Gasteiger partial charge >= 0.3 is 0 Å². The molecule has 0 aromatic heterocycles. The van der Waals surface area contributed by atoms with Gasteiger partial charge in [-0.25, -0.2) is 0 Å². The third-order valence-electron chi connectivity index (χ3n) is 3.83. The van der Waals surface area contributed by atoms with Crippen molar-refractivity contribution in [2.24, 2.45) is 5.92 Å². The molecule has 4 nitrogen and oxygen atoms in total. The van der Waals surface area contributed by atoms with Crippen LogP contribution in [0.1, 0.15) is 12.8 Å². The molecule has 4 rings (SSSR count). The van der Waals surface area contributed by atoms with Gasteiger partial charge in [0.15, 0.2) is 0 Å². The van der Waals surface area contributed by atoms with Crippen LogP contribution in [-0.4, -0.2) is 42.2 Å². The molecule has 104 valence electrons. The second-order valence-corrected chi connectivity index (χ2v) is 5.92. The predicted octanol–water partition coefficient (Wildman–Crippen LogP) is 2.66. The number of carbonyl (C=O) groups is 1. The summed E-state index contributed by atoms with van der Waals surface area (Å²) in [6.45, 7) is 3.58. The number of nitrogens with one attached hydrogen (secondary N) is 1. The standard InChI is InChI=1S/C13H17BrN2.CH2O2/c14-11-2-1-3-12(8-11)15-13-9-16-6-4-10(13)5-7-16;2-1-3/h1-3,8,10,13,15H,4-7,9H2;1H,(H,2,3). The minimum Gasteiger partial charge on any atom is -0.483 e. The molecule has 0 spiro atoms. The SMILES string of the molecule is Brc1cccc(NC2CN3CCC2CC3)c1.O=CO. The maximum atomic E-state index is 8.36. The predicted molar refractivity (Wildman–Crippen MR) is 79.4 cm³/mol. The Hall–Kier alpha value is -1.07. The zero-order valence-corrected chi connectivity index (χ0v) is 12.3. The summed E-state index contributed by atoms with van der Waals surface area (Å²) in [4.78, 5) is 10.9. The zero-order chi connectivity index (χ0) is 13.7. The van der Waals surface area contributed by atoms with Crippen molar-refractivity contribution < 1.29 is 9.90 Å². The highest BCUT2D eigenvalue weighted by Crippen LogP contribution is 2.30. The lowest BCUT2D eigenvalue weighted by Crippen LogP contribution is -2.53. The van der Waals surface area contributed by atoms with Gasteiger partial charge in [-0.3, -0.25) is 4.79 Å². The van der Waals surface area contributed by atoms with E-state index in [-0.39, 0.29) is 6.47 Å². The van der Waals surface area contributed by atoms with Gasteiger partial charge in [0, 0.05) is 22.7 Å². The fraction of sp³-hybridized carbons (Fsp3) is 0.500. The van der Waals surface area contributed by atoms with Gasteiger partial charge in [-0.2, -0.15) is 0 Å². The minimum absolute atomic E-state index is 0.250. The summed E-state index contributed by atoms with van der Waals surface area (Å²) in [6.07, 6.45) is 2.73. The van der Waals surface area contributed by atoms with Crippen LogP contribution >= 0.6 is 15.9 Å². The highest BCUT2D eigenvalue weighted by molar-refractivity contribution is 9.10. The fourth-order valence-corrected chi connectivity index (χ4v) is 3.32. The molecule has 2 bridgehead atoms. The average Bonchev–Trinajstić information content (AvgIpc) is 2.41. The molecule has 1 atom stereocenters. The Morgan fingerprint density at radius 2 is 2.05 bits per heavy atom. The van der Waals surface area contributed by atoms with E-state index in [1.165, 1.54) is 38.2 Å². The molecule has 3 fully saturated rings. The monoisotopic (exact) mass is 326 g/mol. The second kappa shape index (κ2) is 6.91. The summed E-state index contributed by atoms with van der Waals surface area (Å²) in [7, 11) is 0. The molecule has 19 heavy (non-hydrogen) atoms. The van der Waals surface area contributed by atoms with Crippen molar-refractivity contribution in [3.8, 4) is 0 Å². The quantitative estimate of drug-likeness (QED) is 0.820. The summed E-state index contributed by atoms with van der Waals surface area (Å²) in [6, 6.07) is 9.13. The van der Waals surface area contributed by atoms with Gasteiger partial charge in [0.05, 0.1) is 0 Å². The van der Waals surface area contributed by atoms with E-state index in [1.54, 1.807) is 0 Å². The Bertz CT molecular complexity index is 420. The van der Waals surface area contributed by atoms with Crippen molar-refractivity contribution in [2.45, 2.75) is 18.9 Å². The molecular formula is C14H19BrN2O2. The molecule has 0 saturated carbocycles. The van der Waals surface area contributed by atoms with E-state index in [4.69, 9.17) is 9.90 Å². The van der Waals surface area contributed by atoms with Gasteiger partial charge in [0.1, 0.15) is 0 Å². The van der Waals surface area contributed by atoms with Crippen LogP contribution in [0.3, 0.4) is 0 Å². The summed E-state index contributed by atoms with van der Waals surface area (Å²) in [5.41, 5.74) is 1.24. The van der Waals surface area contributed by atoms with Gasteiger partial charge in [0.25, 0.3) is 6.47 Å². The number of nitrogens with zero attached hydrogens (tertiary/aromatic N) is 1. The van der Waals surface area contributed by atoms with E-state index in [1.807, 2.05) is 0 Å². The molecule has 0 radical (unpaired) electrons. The van der Waals surface area contributed by atoms with Crippen molar-refractivity contribution in [3.63, 3.8) is 0 Å². The van der Waals surface area contributed by atoms with Crippen LogP contribution in [-0.2, 0) is 4.79 Å². The van der Waals surface area contributed by atoms with Gasteiger partial charge in [-0.05, 0) is 50.0 Å². The van der Waals surface area contributed by atoms with Crippen LogP contribution in [0.25, 0.3) is 0 Å². The van der Waals surface area contributed by atoms with Crippen LogP contribution in [0.2, 0.25) is 0 Å². The van der Waals surface area contributed by atoms with E-state index in [9.17, 15) is 0 Å². The lowest BCUT2D eigenvalue weighted by Gasteiger charge is -2.45. The maximum Gasteiger partial charge on any atom is 0.290 e. The molecule has 1 aromatic carbocycles. The molecule has 3 aliphatic rings. The molecule has 3 heterocycles. The molecule has 1 unspecified atom stereocenters. The van der Waals surface area contributed by atoms with Crippen molar-refractivity contribution >= 4 is 28.1 Å². The third-order valence-corrected chi connectivity index (χ3v) is 4.33. The van der Waals surface area contributed by atoms with Crippen molar-refractivity contribution in [1.82, 2.24) is 4.90 Å². The molecule has 5 heteroatoms. The Morgan fingerprint density at radius 3 is 2.58 bits per heavy atom. The number of piperidine rings is 3. The minimum atomic E-state index is -0.250. The van der Waals surface area contributed by atoms with E-state index >= 15 is 0 Å². The Kier molecular flexibility index (Phi) is 5.22. The largest absolute Gasteiger partial charge is 0.483 e. The Morgan fingerprint density at radius 1 is 1.37 bits per heavy atom.